The van der Waals surface area contributed by atoms with Gasteiger partial charge in [0.25, 0.3) is 0 Å². The summed E-state index contributed by atoms with van der Waals surface area (Å²) in [5, 5.41) is 13.9. The lowest BCUT2D eigenvalue weighted by Gasteiger charge is -2.39. The summed E-state index contributed by atoms with van der Waals surface area (Å²) in [5.74, 6) is 0.691. The normalized spacial score (nSPS) is 30.0. The second kappa shape index (κ2) is 6.53. The van der Waals surface area contributed by atoms with Gasteiger partial charge < -0.3 is 15.3 Å². The average Bonchev–Trinajstić information content (AvgIpc) is 3.37. The molecule has 0 bridgehead atoms. The summed E-state index contributed by atoms with van der Waals surface area (Å²) in [5.41, 5.74) is -0.0361. The molecule has 1 saturated heterocycles. The molecule has 0 aromatic rings. The standard InChI is InChI=1S/C17H33N3O/c1-3-20-10-4-5-16(20)11-19(2)12-17(13-21,14-6-7-14)18-15-8-9-15/h14-16,18,21H,3-13H2,1-2H3. The molecule has 2 N–H and O–H groups in total. The molecule has 1 heterocycles. The molecule has 3 rings (SSSR count). The first-order valence-corrected chi connectivity index (χ1v) is 8.98. The van der Waals surface area contributed by atoms with E-state index in [0.29, 0.717) is 18.6 Å². The molecule has 2 atom stereocenters. The maximum atomic E-state index is 10.1. The first-order valence-electron chi connectivity index (χ1n) is 8.98. The molecule has 122 valence electrons. The summed E-state index contributed by atoms with van der Waals surface area (Å²) in [7, 11) is 2.24. The smallest absolute Gasteiger partial charge is 0.0628 e. The van der Waals surface area contributed by atoms with Crippen LogP contribution in [0, 0.1) is 5.92 Å². The summed E-state index contributed by atoms with van der Waals surface area (Å²) in [6.07, 6.45) is 7.86. The molecular formula is C17H33N3O. The van der Waals surface area contributed by atoms with E-state index in [2.05, 4.69) is 29.1 Å². The Hall–Kier alpha value is -0.160. The van der Waals surface area contributed by atoms with Gasteiger partial charge in [-0.1, -0.05) is 6.92 Å². The van der Waals surface area contributed by atoms with Crippen LogP contribution in [0.3, 0.4) is 0 Å². The average molecular weight is 295 g/mol. The van der Waals surface area contributed by atoms with E-state index < -0.39 is 0 Å². The number of likely N-dealkylation sites (tertiary alicyclic amines) is 1. The van der Waals surface area contributed by atoms with Crippen molar-refractivity contribution in [3.05, 3.63) is 0 Å². The molecule has 3 fully saturated rings. The van der Waals surface area contributed by atoms with Crippen molar-refractivity contribution in [1.82, 2.24) is 15.1 Å². The number of likely N-dealkylation sites (N-methyl/N-ethyl adjacent to an activating group) is 2. The van der Waals surface area contributed by atoms with E-state index in [1.807, 2.05) is 0 Å². The van der Waals surface area contributed by atoms with Crippen molar-refractivity contribution in [2.24, 2.45) is 5.92 Å². The highest BCUT2D eigenvalue weighted by atomic mass is 16.3. The molecule has 2 unspecified atom stereocenters. The minimum absolute atomic E-state index is 0.0361. The second-order valence-corrected chi connectivity index (χ2v) is 7.63. The van der Waals surface area contributed by atoms with Gasteiger partial charge in [0, 0.05) is 25.2 Å². The lowest BCUT2D eigenvalue weighted by atomic mass is 9.92. The van der Waals surface area contributed by atoms with E-state index in [0.717, 1.165) is 19.1 Å². The fraction of sp³-hybridized carbons (Fsp3) is 1.00. The molecule has 21 heavy (non-hydrogen) atoms. The number of hydrogen-bond acceptors (Lipinski definition) is 4. The zero-order valence-corrected chi connectivity index (χ0v) is 13.9. The highest BCUT2D eigenvalue weighted by molar-refractivity contribution is 5.06. The van der Waals surface area contributed by atoms with Crippen LogP contribution in [-0.4, -0.2) is 72.4 Å². The lowest BCUT2D eigenvalue weighted by molar-refractivity contribution is 0.0875. The number of nitrogens with zero attached hydrogens (tertiary/aromatic N) is 2. The van der Waals surface area contributed by atoms with Crippen molar-refractivity contribution in [1.29, 1.82) is 0 Å². The molecule has 0 aromatic heterocycles. The Morgan fingerprint density at radius 2 is 2.00 bits per heavy atom. The summed E-state index contributed by atoms with van der Waals surface area (Å²) >= 11 is 0. The minimum atomic E-state index is -0.0361. The van der Waals surface area contributed by atoms with Gasteiger partial charge in [0.05, 0.1) is 12.1 Å². The van der Waals surface area contributed by atoms with Crippen LogP contribution in [-0.2, 0) is 0 Å². The Morgan fingerprint density at radius 1 is 1.24 bits per heavy atom. The van der Waals surface area contributed by atoms with Gasteiger partial charge in [0.15, 0.2) is 0 Å². The van der Waals surface area contributed by atoms with Gasteiger partial charge in [0.2, 0.25) is 0 Å². The molecule has 3 aliphatic rings. The highest BCUT2D eigenvalue weighted by Crippen LogP contribution is 2.41. The van der Waals surface area contributed by atoms with Crippen molar-refractivity contribution in [3.8, 4) is 0 Å². The van der Waals surface area contributed by atoms with Gasteiger partial charge >= 0.3 is 0 Å². The Bertz CT molecular complexity index is 343. The number of aliphatic hydroxyl groups excluding tert-OH is 1. The Morgan fingerprint density at radius 3 is 2.57 bits per heavy atom. The summed E-state index contributed by atoms with van der Waals surface area (Å²) in [4.78, 5) is 5.09. The van der Waals surface area contributed by atoms with Crippen molar-refractivity contribution in [2.75, 3.05) is 39.8 Å². The fourth-order valence-corrected chi connectivity index (χ4v) is 4.21. The van der Waals surface area contributed by atoms with Crippen LogP contribution in [0.15, 0.2) is 0 Å². The first kappa shape index (κ1) is 15.7. The minimum Gasteiger partial charge on any atom is -0.394 e. The third kappa shape index (κ3) is 3.79. The van der Waals surface area contributed by atoms with Crippen molar-refractivity contribution in [2.45, 2.75) is 63.1 Å². The van der Waals surface area contributed by atoms with E-state index in [4.69, 9.17) is 0 Å². The van der Waals surface area contributed by atoms with E-state index in [9.17, 15) is 5.11 Å². The van der Waals surface area contributed by atoms with Crippen LogP contribution in [0.5, 0.6) is 0 Å². The van der Waals surface area contributed by atoms with E-state index in [1.54, 1.807) is 0 Å². The van der Waals surface area contributed by atoms with Gasteiger partial charge in [0.1, 0.15) is 0 Å². The second-order valence-electron chi connectivity index (χ2n) is 7.63. The molecule has 0 spiro atoms. The topological polar surface area (TPSA) is 38.7 Å². The van der Waals surface area contributed by atoms with Crippen LogP contribution >= 0.6 is 0 Å². The van der Waals surface area contributed by atoms with Crippen LogP contribution < -0.4 is 5.32 Å². The van der Waals surface area contributed by atoms with Crippen molar-refractivity contribution in [3.63, 3.8) is 0 Å². The van der Waals surface area contributed by atoms with E-state index in [-0.39, 0.29) is 5.54 Å². The number of rotatable bonds is 9. The predicted molar refractivity (Wildman–Crippen MR) is 86.5 cm³/mol. The predicted octanol–water partition coefficient (Wildman–Crippen LogP) is 1.30. The van der Waals surface area contributed by atoms with Crippen LogP contribution in [0.2, 0.25) is 0 Å². The third-order valence-electron chi connectivity index (χ3n) is 5.69. The monoisotopic (exact) mass is 295 g/mol. The zero-order valence-electron chi connectivity index (χ0n) is 13.9. The zero-order chi connectivity index (χ0) is 14.9. The quantitative estimate of drug-likeness (QED) is 0.672. The van der Waals surface area contributed by atoms with Crippen molar-refractivity contribution < 1.29 is 5.11 Å². The molecular weight excluding hydrogens is 262 g/mol. The molecule has 2 saturated carbocycles. The lowest BCUT2D eigenvalue weighted by Crippen LogP contribution is -2.59. The summed E-state index contributed by atoms with van der Waals surface area (Å²) < 4.78 is 0. The molecule has 0 amide bonds. The number of aliphatic hydroxyl groups is 1. The summed E-state index contributed by atoms with van der Waals surface area (Å²) in [6, 6.07) is 1.39. The van der Waals surface area contributed by atoms with Gasteiger partial charge in [-0.25, -0.2) is 0 Å². The van der Waals surface area contributed by atoms with Crippen molar-refractivity contribution >= 4 is 0 Å². The maximum absolute atomic E-state index is 10.1. The molecule has 4 heteroatoms. The Balaban J connectivity index is 1.56. The highest BCUT2D eigenvalue weighted by Gasteiger charge is 2.48. The van der Waals surface area contributed by atoms with E-state index >= 15 is 0 Å². The number of nitrogens with one attached hydrogen (secondary N) is 1. The largest absolute Gasteiger partial charge is 0.394 e. The van der Waals surface area contributed by atoms with Gasteiger partial charge in [-0.2, -0.15) is 0 Å². The molecule has 0 aromatic carbocycles. The number of hydrogen-bond donors (Lipinski definition) is 2. The molecule has 2 aliphatic carbocycles. The van der Waals surface area contributed by atoms with Gasteiger partial charge in [-0.3, -0.25) is 4.90 Å². The SMILES string of the molecule is CCN1CCCC1CN(C)CC(CO)(NC1CC1)C1CC1. The Kier molecular flexibility index (Phi) is 4.89. The van der Waals surface area contributed by atoms with Crippen LogP contribution in [0.4, 0.5) is 0 Å². The summed E-state index contributed by atoms with van der Waals surface area (Å²) in [6.45, 7) is 7.15. The third-order valence-corrected chi connectivity index (χ3v) is 5.69. The first-order chi connectivity index (χ1) is 10.2. The van der Waals surface area contributed by atoms with Gasteiger partial charge in [-0.05, 0) is 64.6 Å². The van der Waals surface area contributed by atoms with Crippen LogP contribution in [0.25, 0.3) is 0 Å². The van der Waals surface area contributed by atoms with Crippen LogP contribution in [0.1, 0.15) is 45.4 Å². The maximum Gasteiger partial charge on any atom is 0.0628 e. The Labute approximate surface area is 129 Å². The molecule has 0 radical (unpaired) electrons. The molecule has 4 nitrogen and oxygen atoms in total. The van der Waals surface area contributed by atoms with Gasteiger partial charge in [-0.15, -0.1) is 0 Å². The molecule has 1 aliphatic heterocycles. The van der Waals surface area contributed by atoms with E-state index in [1.165, 1.54) is 51.6 Å². The fourth-order valence-electron chi connectivity index (χ4n) is 4.21.